The molecule has 0 unspecified atom stereocenters. The van der Waals surface area contributed by atoms with Crippen molar-refractivity contribution in [2.45, 2.75) is 78.2 Å². The molecule has 6 nitrogen and oxygen atoms in total. The lowest BCUT2D eigenvalue weighted by molar-refractivity contribution is 0.0468. The summed E-state index contributed by atoms with van der Waals surface area (Å²) in [6.07, 6.45) is 10.2. The number of hydrogen-bond donors (Lipinski definition) is 2. The van der Waals surface area contributed by atoms with Crippen molar-refractivity contribution in [3.63, 3.8) is 0 Å². The van der Waals surface area contributed by atoms with E-state index in [0.29, 0.717) is 6.10 Å². The summed E-state index contributed by atoms with van der Waals surface area (Å²) in [5, 5.41) is 10.7. The van der Waals surface area contributed by atoms with Gasteiger partial charge in [-0.1, -0.05) is 30.8 Å². The average molecular weight is 492 g/mol. The van der Waals surface area contributed by atoms with E-state index in [4.69, 9.17) is 9.26 Å². The van der Waals surface area contributed by atoms with E-state index in [1.807, 2.05) is 13.8 Å². The van der Waals surface area contributed by atoms with Crippen molar-refractivity contribution in [3.05, 3.63) is 17.0 Å². The first-order valence-electron chi connectivity index (χ1n) is 10.3. The average Bonchev–Trinajstić information content (AvgIpc) is 2.82. The highest BCUT2D eigenvalue weighted by Crippen LogP contribution is 2.19. The highest BCUT2D eigenvalue weighted by Gasteiger charge is 2.12. The molecule has 1 heterocycles. The molecular weight excluding hydrogens is 455 g/mol. The molecule has 0 aromatic carbocycles. The van der Waals surface area contributed by atoms with Crippen LogP contribution in [0, 0.1) is 13.8 Å². The third kappa shape index (κ3) is 9.27. The van der Waals surface area contributed by atoms with Gasteiger partial charge in [0.1, 0.15) is 5.76 Å². The topological polar surface area (TPSA) is 71.7 Å². The lowest BCUT2D eigenvalue weighted by Crippen LogP contribution is -2.39. The summed E-state index contributed by atoms with van der Waals surface area (Å²) in [7, 11) is 0. The van der Waals surface area contributed by atoms with E-state index in [-0.39, 0.29) is 24.0 Å². The third-order valence-electron chi connectivity index (χ3n) is 4.93. The summed E-state index contributed by atoms with van der Waals surface area (Å²) in [6, 6.07) is 0. The first kappa shape index (κ1) is 24.2. The number of aliphatic imine (C=N–C) groups is 1. The van der Waals surface area contributed by atoms with E-state index in [0.717, 1.165) is 56.5 Å². The van der Waals surface area contributed by atoms with Crippen LogP contribution in [0.2, 0.25) is 0 Å². The molecule has 0 spiro atoms. The van der Waals surface area contributed by atoms with Crippen LogP contribution in [0.4, 0.5) is 0 Å². The molecule has 1 aliphatic carbocycles. The Morgan fingerprint density at radius 1 is 1.19 bits per heavy atom. The van der Waals surface area contributed by atoms with Crippen molar-refractivity contribution < 1.29 is 9.26 Å². The third-order valence-corrected chi connectivity index (χ3v) is 4.93. The fourth-order valence-corrected chi connectivity index (χ4v) is 3.45. The molecule has 2 rings (SSSR count). The minimum Gasteiger partial charge on any atom is -0.376 e. The summed E-state index contributed by atoms with van der Waals surface area (Å²) in [5.74, 6) is 1.79. The van der Waals surface area contributed by atoms with Gasteiger partial charge in [-0.15, -0.1) is 24.0 Å². The van der Waals surface area contributed by atoms with Crippen LogP contribution in [-0.2, 0) is 11.2 Å². The number of halogens is 1. The van der Waals surface area contributed by atoms with E-state index < -0.39 is 0 Å². The van der Waals surface area contributed by atoms with Gasteiger partial charge in [0, 0.05) is 25.2 Å². The van der Waals surface area contributed by atoms with Crippen molar-refractivity contribution in [2.24, 2.45) is 4.99 Å². The zero-order chi connectivity index (χ0) is 18.6. The molecule has 1 fully saturated rings. The molecule has 0 saturated heterocycles. The van der Waals surface area contributed by atoms with Crippen molar-refractivity contribution in [3.8, 4) is 0 Å². The number of hydrogen-bond acceptors (Lipinski definition) is 4. The van der Waals surface area contributed by atoms with Crippen LogP contribution in [0.25, 0.3) is 0 Å². The van der Waals surface area contributed by atoms with Crippen molar-refractivity contribution in [2.75, 3.05) is 26.2 Å². The van der Waals surface area contributed by atoms with Gasteiger partial charge in [-0.05, 0) is 46.5 Å². The van der Waals surface area contributed by atoms with E-state index in [1.54, 1.807) is 0 Å². The fraction of sp³-hybridized carbons (Fsp3) is 0.800. The molecule has 1 aliphatic rings. The molecular formula is C20H37IN4O2. The maximum absolute atomic E-state index is 6.03. The van der Waals surface area contributed by atoms with Gasteiger partial charge < -0.3 is 19.9 Å². The van der Waals surface area contributed by atoms with Crippen LogP contribution in [-0.4, -0.2) is 43.5 Å². The van der Waals surface area contributed by atoms with Crippen LogP contribution in [0.5, 0.6) is 0 Å². The quantitative estimate of drug-likeness (QED) is 0.178. The molecule has 0 radical (unpaired) electrons. The van der Waals surface area contributed by atoms with Crippen molar-refractivity contribution in [1.29, 1.82) is 0 Å². The number of nitrogens with zero attached hydrogens (tertiary/aromatic N) is 2. The van der Waals surface area contributed by atoms with E-state index in [2.05, 4.69) is 27.7 Å². The molecule has 0 bridgehead atoms. The summed E-state index contributed by atoms with van der Waals surface area (Å²) < 4.78 is 11.2. The maximum atomic E-state index is 6.03. The van der Waals surface area contributed by atoms with Crippen LogP contribution < -0.4 is 10.6 Å². The first-order chi connectivity index (χ1) is 12.7. The van der Waals surface area contributed by atoms with Gasteiger partial charge in [-0.25, -0.2) is 0 Å². The van der Waals surface area contributed by atoms with E-state index >= 15 is 0 Å². The minimum atomic E-state index is 0. The number of aryl methyl sites for hydroxylation is 2. The number of aromatic nitrogens is 1. The normalized spacial score (nSPS) is 15.9. The minimum absolute atomic E-state index is 0. The van der Waals surface area contributed by atoms with Crippen molar-refractivity contribution >= 4 is 29.9 Å². The van der Waals surface area contributed by atoms with Gasteiger partial charge in [-0.3, -0.25) is 4.99 Å². The largest absolute Gasteiger partial charge is 0.376 e. The molecule has 0 aliphatic heterocycles. The Hall–Kier alpha value is -0.830. The predicted molar refractivity (Wildman–Crippen MR) is 121 cm³/mol. The van der Waals surface area contributed by atoms with Crippen LogP contribution in [0.15, 0.2) is 9.52 Å². The summed E-state index contributed by atoms with van der Waals surface area (Å²) >= 11 is 0. The van der Waals surface area contributed by atoms with Crippen LogP contribution in [0.3, 0.4) is 0 Å². The molecule has 27 heavy (non-hydrogen) atoms. The second-order valence-corrected chi connectivity index (χ2v) is 7.08. The Kier molecular flexibility index (Phi) is 12.7. The van der Waals surface area contributed by atoms with Crippen LogP contribution in [0.1, 0.15) is 68.9 Å². The van der Waals surface area contributed by atoms with Gasteiger partial charge in [0.05, 0.1) is 18.4 Å². The highest BCUT2D eigenvalue weighted by atomic mass is 127. The number of guanidine groups is 1. The van der Waals surface area contributed by atoms with Gasteiger partial charge in [0.2, 0.25) is 0 Å². The summed E-state index contributed by atoms with van der Waals surface area (Å²) in [4.78, 5) is 4.66. The Labute approximate surface area is 181 Å². The summed E-state index contributed by atoms with van der Waals surface area (Å²) in [6.45, 7) is 9.24. The Bertz CT molecular complexity index is 521. The predicted octanol–water partition coefficient (Wildman–Crippen LogP) is 4.14. The van der Waals surface area contributed by atoms with Gasteiger partial charge in [0.15, 0.2) is 5.96 Å². The lowest BCUT2D eigenvalue weighted by atomic mass is 10.1. The number of ether oxygens (including phenoxy) is 1. The number of nitrogens with one attached hydrogen (secondary N) is 2. The first-order valence-corrected chi connectivity index (χ1v) is 10.3. The molecule has 1 aromatic heterocycles. The maximum Gasteiger partial charge on any atom is 0.191 e. The molecule has 0 amide bonds. The number of rotatable bonds is 9. The molecule has 7 heteroatoms. The Morgan fingerprint density at radius 2 is 1.93 bits per heavy atom. The molecule has 0 atom stereocenters. The van der Waals surface area contributed by atoms with Gasteiger partial charge >= 0.3 is 0 Å². The van der Waals surface area contributed by atoms with E-state index in [1.165, 1.54) is 44.1 Å². The van der Waals surface area contributed by atoms with Crippen molar-refractivity contribution in [1.82, 2.24) is 15.8 Å². The Morgan fingerprint density at radius 3 is 2.56 bits per heavy atom. The standard InChI is InChI=1S/C20H36N4O2.HI/c1-4-21-20(22-13-9-12-19-16(2)24-26-17(19)3)23-14-15-25-18-10-7-5-6-8-11-18;/h18H,4-15H2,1-3H3,(H2,21,22,23);1H. The zero-order valence-electron chi connectivity index (χ0n) is 17.2. The molecule has 1 aromatic rings. The fourth-order valence-electron chi connectivity index (χ4n) is 3.45. The highest BCUT2D eigenvalue weighted by molar-refractivity contribution is 14.0. The zero-order valence-corrected chi connectivity index (χ0v) is 19.5. The molecule has 2 N–H and O–H groups in total. The smallest absolute Gasteiger partial charge is 0.191 e. The summed E-state index contributed by atoms with van der Waals surface area (Å²) in [5.41, 5.74) is 2.21. The molecule has 156 valence electrons. The molecule has 1 saturated carbocycles. The lowest BCUT2D eigenvalue weighted by Gasteiger charge is -2.16. The van der Waals surface area contributed by atoms with Crippen LogP contribution >= 0.6 is 24.0 Å². The second kappa shape index (κ2) is 14.2. The van der Waals surface area contributed by atoms with E-state index in [9.17, 15) is 0 Å². The van der Waals surface area contributed by atoms with Gasteiger partial charge in [-0.2, -0.15) is 0 Å². The second-order valence-electron chi connectivity index (χ2n) is 7.08. The van der Waals surface area contributed by atoms with Gasteiger partial charge in [0.25, 0.3) is 0 Å². The Balaban J connectivity index is 0.00000364. The SMILES string of the molecule is CCNC(=NCCCc1c(C)noc1C)NCCOC1CCCCCC1.I. The monoisotopic (exact) mass is 492 g/mol.